The summed E-state index contributed by atoms with van der Waals surface area (Å²) in [6, 6.07) is 20.4. The van der Waals surface area contributed by atoms with Crippen LogP contribution in [0.3, 0.4) is 0 Å². The van der Waals surface area contributed by atoms with Crippen molar-refractivity contribution in [3.63, 3.8) is 0 Å². The first-order chi connectivity index (χ1) is 18.8. The van der Waals surface area contributed by atoms with Crippen LogP contribution < -0.4 is 15.0 Å². The van der Waals surface area contributed by atoms with Crippen LogP contribution in [0.25, 0.3) is 5.69 Å². The summed E-state index contributed by atoms with van der Waals surface area (Å²) in [6.07, 6.45) is 1.82. The molecule has 1 saturated heterocycles. The maximum absolute atomic E-state index is 6.68. The van der Waals surface area contributed by atoms with E-state index in [4.69, 9.17) is 38.3 Å². The van der Waals surface area contributed by atoms with Gasteiger partial charge in [-0.2, -0.15) is 0 Å². The summed E-state index contributed by atoms with van der Waals surface area (Å²) in [5, 5.41) is 4.69. The molecule has 39 heavy (non-hydrogen) atoms. The SMILES string of the molecule is COCCOc1ccc(N2C(=S)NC(c3ccccn3)C2c2cc(C)n(-c3cc(C)cc(C)c3)c2C)cc1Cl. The van der Waals surface area contributed by atoms with Crippen LogP contribution in [0.15, 0.2) is 66.9 Å². The Morgan fingerprint density at radius 1 is 0.949 bits per heavy atom. The average Bonchev–Trinajstić information content (AvgIpc) is 3.40. The molecule has 4 aromatic rings. The van der Waals surface area contributed by atoms with E-state index in [-0.39, 0.29) is 12.1 Å². The smallest absolute Gasteiger partial charge is 0.174 e. The highest BCUT2D eigenvalue weighted by atomic mass is 35.5. The van der Waals surface area contributed by atoms with Crippen LogP contribution in [0, 0.1) is 27.7 Å². The molecule has 6 nitrogen and oxygen atoms in total. The molecule has 2 unspecified atom stereocenters. The minimum atomic E-state index is -0.150. The molecular formula is C31H33ClN4O2S. The van der Waals surface area contributed by atoms with Gasteiger partial charge in [0.15, 0.2) is 5.11 Å². The lowest BCUT2D eigenvalue weighted by molar-refractivity contribution is 0.146. The van der Waals surface area contributed by atoms with Gasteiger partial charge < -0.3 is 24.3 Å². The molecular weight excluding hydrogens is 528 g/mol. The average molecular weight is 561 g/mol. The first-order valence-electron chi connectivity index (χ1n) is 13.0. The Bertz CT molecular complexity index is 1480. The quantitative estimate of drug-likeness (QED) is 0.186. The normalized spacial score (nSPS) is 17.0. The van der Waals surface area contributed by atoms with Crippen molar-refractivity contribution in [1.82, 2.24) is 14.9 Å². The molecule has 1 N–H and O–H groups in total. The molecule has 1 aliphatic heterocycles. The van der Waals surface area contributed by atoms with Crippen LogP contribution in [0.4, 0.5) is 5.69 Å². The predicted octanol–water partition coefficient (Wildman–Crippen LogP) is 6.96. The highest BCUT2D eigenvalue weighted by molar-refractivity contribution is 7.80. The van der Waals surface area contributed by atoms with Crippen molar-refractivity contribution in [2.75, 3.05) is 25.2 Å². The lowest BCUT2D eigenvalue weighted by atomic mass is 9.96. The number of hydrogen-bond donors (Lipinski definition) is 1. The van der Waals surface area contributed by atoms with E-state index in [9.17, 15) is 0 Å². The molecule has 0 saturated carbocycles. The van der Waals surface area contributed by atoms with Gasteiger partial charge in [-0.1, -0.05) is 23.7 Å². The van der Waals surface area contributed by atoms with E-state index in [1.807, 2.05) is 42.6 Å². The molecule has 8 heteroatoms. The summed E-state index contributed by atoms with van der Waals surface area (Å²) in [5.74, 6) is 0.612. The van der Waals surface area contributed by atoms with Crippen LogP contribution in [0.2, 0.25) is 5.02 Å². The minimum Gasteiger partial charge on any atom is -0.490 e. The molecule has 3 heterocycles. The summed E-state index contributed by atoms with van der Waals surface area (Å²) in [6.45, 7) is 9.51. The van der Waals surface area contributed by atoms with Crippen LogP contribution in [-0.2, 0) is 4.74 Å². The third-order valence-corrected chi connectivity index (χ3v) is 7.70. The maximum Gasteiger partial charge on any atom is 0.174 e. The van der Waals surface area contributed by atoms with Crippen molar-refractivity contribution in [2.45, 2.75) is 39.8 Å². The Morgan fingerprint density at radius 2 is 1.72 bits per heavy atom. The third kappa shape index (κ3) is 5.39. The molecule has 1 aliphatic rings. The van der Waals surface area contributed by atoms with E-state index in [1.54, 1.807) is 7.11 Å². The van der Waals surface area contributed by atoms with E-state index in [2.05, 4.69) is 66.7 Å². The zero-order chi connectivity index (χ0) is 27.7. The number of ether oxygens (including phenoxy) is 2. The van der Waals surface area contributed by atoms with Crippen LogP contribution >= 0.6 is 23.8 Å². The molecule has 0 radical (unpaired) electrons. The van der Waals surface area contributed by atoms with Gasteiger partial charge in [-0.3, -0.25) is 4.98 Å². The van der Waals surface area contributed by atoms with Crippen molar-refractivity contribution >= 4 is 34.6 Å². The number of nitrogens with one attached hydrogen (secondary N) is 1. The lowest BCUT2D eigenvalue weighted by Crippen LogP contribution is -2.29. The molecule has 1 fully saturated rings. The van der Waals surface area contributed by atoms with Crippen molar-refractivity contribution in [3.8, 4) is 11.4 Å². The minimum absolute atomic E-state index is 0.144. The number of hydrogen-bond acceptors (Lipinski definition) is 4. The first kappa shape index (κ1) is 27.2. The van der Waals surface area contributed by atoms with Gasteiger partial charge in [-0.25, -0.2) is 0 Å². The number of halogens is 1. The van der Waals surface area contributed by atoms with Crippen molar-refractivity contribution in [1.29, 1.82) is 0 Å². The Kier molecular flexibility index (Phi) is 7.93. The van der Waals surface area contributed by atoms with Crippen LogP contribution in [-0.4, -0.2) is 35.0 Å². The number of rotatable bonds is 8. The van der Waals surface area contributed by atoms with E-state index < -0.39 is 0 Å². The first-order valence-corrected chi connectivity index (χ1v) is 13.8. The molecule has 5 rings (SSSR count). The molecule has 2 aromatic carbocycles. The van der Waals surface area contributed by atoms with Gasteiger partial charge in [0, 0.05) is 36.1 Å². The Hall–Kier alpha value is -3.39. The maximum atomic E-state index is 6.68. The molecule has 0 aliphatic carbocycles. The van der Waals surface area contributed by atoms with E-state index in [0.717, 1.165) is 28.5 Å². The highest BCUT2D eigenvalue weighted by Gasteiger charge is 2.42. The number of aromatic nitrogens is 2. The Balaban J connectivity index is 1.62. The zero-order valence-corrected chi connectivity index (χ0v) is 24.4. The van der Waals surface area contributed by atoms with Crippen molar-refractivity contribution in [3.05, 3.63) is 106 Å². The van der Waals surface area contributed by atoms with Crippen LogP contribution in [0.1, 0.15) is 45.9 Å². The number of nitrogens with zero attached hydrogens (tertiary/aromatic N) is 3. The van der Waals surface area contributed by atoms with Gasteiger partial charge >= 0.3 is 0 Å². The summed E-state index contributed by atoms with van der Waals surface area (Å²) in [7, 11) is 1.64. The number of anilines is 1. The summed E-state index contributed by atoms with van der Waals surface area (Å²) >= 11 is 12.6. The lowest BCUT2D eigenvalue weighted by Gasteiger charge is -2.28. The molecule has 2 aromatic heterocycles. The number of benzene rings is 2. The van der Waals surface area contributed by atoms with E-state index in [1.165, 1.54) is 16.7 Å². The fourth-order valence-corrected chi connectivity index (χ4v) is 6.08. The van der Waals surface area contributed by atoms with Crippen molar-refractivity contribution < 1.29 is 9.47 Å². The number of pyridine rings is 1. The Labute approximate surface area is 240 Å². The van der Waals surface area contributed by atoms with Gasteiger partial charge in [-0.15, -0.1) is 0 Å². The van der Waals surface area contributed by atoms with Gasteiger partial charge in [0.25, 0.3) is 0 Å². The second kappa shape index (κ2) is 11.4. The van der Waals surface area contributed by atoms with Gasteiger partial charge in [-0.05, 0) is 105 Å². The second-order valence-corrected chi connectivity index (χ2v) is 10.8. The number of methoxy groups -OCH3 is 1. The summed E-state index contributed by atoms with van der Waals surface area (Å²) in [5.41, 5.74) is 8.92. The molecule has 2 atom stereocenters. The topological polar surface area (TPSA) is 51.6 Å². The fraction of sp³-hybridized carbons (Fsp3) is 0.290. The molecule has 0 spiro atoms. The van der Waals surface area contributed by atoms with Gasteiger partial charge in [0.05, 0.1) is 29.4 Å². The number of thiocarbonyl (C=S) groups is 1. The highest BCUT2D eigenvalue weighted by Crippen LogP contribution is 2.45. The monoisotopic (exact) mass is 560 g/mol. The molecule has 202 valence electrons. The van der Waals surface area contributed by atoms with Crippen molar-refractivity contribution in [2.24, 2.45) is 0 Å². The van der Waals surface area contributed by atoms with Crippen LogP contribution in [0.5, 0.6) is 5.75 Å². The summed E-state index contributed by atoms with van der Waals surface area (Å²) in [4.78, 5) is 6.85. The summed E-state index contributed by atoms with van der Waals surface area (Å²) < 4.78 is 13.2. The third-order valence-electron chi connectivity index (χ3n) is 7.09. The molecule has 0 bridgehead atoms. The van der Waals surface area contributed by atoms with E-state index in [0.29, 0.717) is 29.1 Å². The fourth-order valence-electron chi connectivity index (χ4n) is 5.50. The van der Waals surface area contributed by atoms with E-state index >= 15 is 0 Å². The standard InChI is InChI=1S/C31H33ClN4O2S/c1-19-14-20(2)16-24(15-19)35-21(3)17-25(22(35)4)30-29(27-8-6-7-11-33-27)34-31(39)36(30)23-9-10-28(26(32)18-23)38-13-12-37-5/h6-11,14-18,29-30H,12-13H2,1-5H3,(H,34,39). The van der Waals surface area contributed by atoms with Gasteiger partial charge in [0.2, 0.25) is 0 Å². The Morgan fingerprint density at radius 3 is 2.38 bits per heavy atom. The zero-order valence-electron chi connectivity index (χ0n) is 22.9. The number of aryl methyl sites for hydroxylation is 3. The largest absolute Gasteiger partial charge is 0.490 e. The second-order valence-electron chi connectivity index (χ2n) is 9.96. The van der Waals surface area contributed by atoms with Gasteiger partial charge in [0.1, 0.15) is 12.4 Å². The predicted molar refractivity (Wildman–Crippen MR) is 161 cm³/mol. The molecule has 0 amide bonds.